The summed E-state index contributed by atoms with van der Waals surface area (Å²) in [5.41, 5.74) is 0. The Morgan fingerprint density at radius 3 is 2.30 bits per heavy atom. The Hall–Kier alpha value is 0.820. The normalized spacial score (nSPS) is 10.0. The van der Waals surface area contributed by atoms with Crippen molar-refractivity contribution in [1.29, 1.82) is 0 Å². The quantitative estimate of drug-likeness (QED) is 0.540. The Kier molecular flexibility index (Phi) is 3.10. The summed E-state index contributed by atoms with van der Waals surface area (Å²) in [6, 6.07) is 3.62. The van der Waals surface area contributed by atoms with Crippen molar-refractivity contribution >= 4 is 56.1 Å². The predicted octanol–water partition coefficient (Wildman–Crippen LogP) is 4.15. The molecule has 0 saturated heterocycles. The SMILES string of the molecule is Sc1ccc(Cl)c(Br)c1Br. The molecule has 0 atom stereocenters. The van der Waals surface area contributed by atoms with Crippen LogP contribution in [0.5, 0.6) is 0 Å². The Morgan fingerprint density at radius 1 is 1.20 bits per heavy atom. The molecule has 0 aliphatic heterocycles. The van der Waals surface area contributed by atoms with Crippen molar-refractivity contribution in [3.63, 3.8) is 0 Å². The van der Waals surface area contributed by atoms with Crippen molar-refractivity contribution < 1.29 is 0 Å². The smallest absolute Gasteiger partial charge is 0.0560 e. The summed E-state index contributed by atoms with van der Waals surface area (Å²) < 4.78 is 1.74. The molecule has 0 aliphatic rings. The average molecular weight is 302 g/mol. The van der Waals surface area contributed by atoms with Gasteiger partial charge >= 0.3 is 0 Å². The minimum Gasteiger partial charge on any atom is -0.142 e. The molecule has 0 radical (unpaired) electrons. The molecular formula is C6H3Br2ClS. The Balaban J connectivity index is 3.34. The standard InChI is InChI=1S/C6H3Br2ClS/c7-5-3(9)1-2-4(10)6(5)8/h1-2,10H. The fraction of sp³-hybridized carbons (Fsp3) is 0. The van der Waals surface area contributed by atoms with E-state index in [-0.39, 0.29) is 0 Å². The van der Waals surface area contributed by atoms with Gasteiger partial charge < -0.3 is 0 Å². The highest BCUT2D eigenvalue weighted by Gasteiger charge is 2.03. The third-order valence-electron chi connectivity index (χ3n) is 1.01. The lowest BCUT2D eigenvalue weighted by Crippen LogP contribution is -1.73. The van der Waals surface area contributed by atoms with E-state index < -0.39 is 0 Å². The molecule has 0 spiro atoms. The van der Waals surface area contributed by atoms with Crippen molar-refractivity contribution in [2.24, 2.45) is 0 Å². The first kappa shape index (κ1) is 8.91. The molecule has 0 N–H and O–H groups in total. The lowest BCUT2D eigenvalue weighted by molar-refractivity contribution is 1.39. The summed E-state index contributed by atoms with van der Waals surface area (Å²) in [5.74, 6) is 0. The molecule has 0 heterocycles. The zero-order valence-electron chi connectivity index (χ0n) is 4.74. The van der Waals surface area contributed by atoms with Crippen molar-refractivity contribution in [2.75, 3.05) is 0 Å². The van der Waals surface area contributed by atoms with Crippen LogP contribution in [0.3, 0.4) is 0 Å². The van der Waals surface area contributed by atoms with Crippen molar-refractivity contribution in [2.45, 2.75) is 4.90 Å². The molecule has 0 saturated carbocycles. The summed E-state index contributed by atoms with van der Waals surface area (Å²) in [6.07, 6.45) is 0. The highest BCUT2D eigenvalue weighted by atomic mass is 79.9. The van der Waals surface area contributed by atoms with E-state index in [1.165, 1.54) is 0 Å². The van der Waals surface area contributed by atoms with Gasteiger partial charge in [0.15, 0.2) is 0 Å². The Bertz CT molecular complexity index is 235. The zero-order valence-corrected chi connectivity index (χ0v) is 9.56. The van der Waals surface area contributed by atoms with E-state index in [0.717, 1.165) is 13.8 Å². The molecule has 54 valence electrons. The number of thiol groups is 1. The number of hydrogen-bond acceptors (Lipinski definition) is 1. The lowest BCUT2D eigenvalue weighted by Gasteiger charge is -2.00. The van der Waals surface area contributed by atoms with Gasteiger partial charge in [0.05, 0.1) is 9.50 Å². The number of halogens is 3. The summed E-state index contributed by atoms with van der Waals surface area (Å²) in [4.78, 5) is 0.872. The van der Waals surface area contributed by atoms with Crippen LogP contribution in [0.25, 0.3) is 0 Å². The van der Waals surface area contributed by atoms with Gasteiger partial charge in [-0.2, -0.15) is 0 Å². The van der Waals surface area contributed by atoms with E-state index >= 15 is 0 Å². The van der Waals surface area contributed by atoms with Crippen LogP contribution in [0.2, 0.25) is 5.02 Å². The maximum atomic E-state index is 5.78. The van der Waals surface area contributed by atoms with Gasteiger partial charge in [-0.3, -0.25) is 0 Å². The average Bonchev–Trinajstić information content (AvgIpc) is 1.93. The maximum absolute atomic E-state index is 5.78. The molecule has 0 aromatic heterocycles. The van der Waals surface area contributed by atoms with Crippen LogP contribution < -0.4 is 0 Å². The summed E-state index contributed by atoms with van der Waals surface area (Å²) >= 11 is 16.6. The number of rotatable bonds is 0. The maximum Gasteiger partial charge on any atom is 0.0560 e. The molecule has 1 aromatic carbocycles. The first-order valence-corrected chi connectivity index (χ1v) is 4.86. The molecule has 1 aromatic rings. The van der Waals surface area contributed by atoms with Gasteiger partial charge in [0.25, 0.3) is 0 Å². The van der Waals surface area contributed by atoms with E-state index in [1.807, 2.05) is 6.07 Å². The van der Waals surface area contributed by atoms with Gasteiger partial charge in [-0.05, 0) is 44.0 Å². The molecule has 0 amide bonds. The third-order valence-corrected chi connectivity index (χ3v) is 4.42. The molecule has 0 bridgehead atoms. The van der Waals surface area contributed by atoms with E-state index in [4.69, 9.17) is 11.6 Å². The third kappa shape index (κ3) is 1.70. The van der Waals surface area contributed by atoms with Crippen LogP contribution in [-0.2, 0) is 0 Å². The van der Waals surface area contributed by atoms with E-state index in [1.54, 1.807) is 6.07 Å². The molecule has 0 aliphatic carbocycles. The van der Waals surface area contributed by atoms with E-state index in [9.17, 15) is 0 Å². The second-order valence-corrected chi connectivity index (χ2v) is 4.17. The molecule has 1 rings (SSSR count). The Morgan fingerprint density at radius 2 is 1.80 bits per heavy atom. The molecule has 0 unspecified atom stereocenters. The first-order valence-electron chi connectivity index (χ1n) is 2.45. The highest BCUT2D eigenvalue weighted by Crippen LogP contribution is 2.34. The highest BCUT2D eigenvalue weighted by molar-refractivity contribution is 9.13. The van der Waals surface area contributed by atoms with Gasteiger partial charge in [0.2, 0.25) is 0 Å². The van der Waals surface area contributed by atoms with Gasteiger partial charge in [-0.25, -0.2) is 0 Å². The van der Waals surface area contributed by atoms with Crippen LogP contribution in [0, 0.1) is 0 Å². The second-order valence-electron chi connectivity index (χ2n) is 1.69. The summed E-state index contributed by atoms with van der Waals surface area (Å²) in [7, 11) is 0. The first-order chi connectivity index (χ1) is 4.63. The number of benzene rings is 1. The second kappa shape index (κ2) is 3.48. The van der Waals surface area contributed by atoms with Crippen molar-refractivity contribution in [3.8, 4) is 0 Å². The van der Waals surface area contributed by atoms with Gasteiger partial charge in [0, 0.05) is 9.37 Å². The van der Waals surface area contributed by atoms with Crippen LogP contribution in [0.15, 0.2) is 26.0 Å². The fourth-order valence-electron chi connectivity index (χ4n) is 0.516. The van der Waals surface area contributed by atoms with Gasteiger partial charge in [-0.15, -0.1) is 12.6 Å². The minimum absolute atomic E-state index is 0.685. The predicted molar refractivity (Wildman–Crippen MR) is 54.1 cm³/mol. The molecule has 4 heteroatoms. The zero-order chi connectivity index (χ0) is 7.72. The monoisotopic (exact) mass is 300 g/mol. The molecule has 0 nitrogen and oxygen atoms in total. The molecule has 10 heavy (non-hydrogen) atoms. The largest absolute Gasteiger partial charge is 0.142 e. The van der Waals surface area contributed by atoms with Crippen molar-refractivity contribution in [1.82, 2.24) is 0 Å². The van der Waals surface area contributed by atoms with E-state index in [2.05, 4.69) is 44.5 Å². The fourth-order valence-corrected chi connectivity index (χ4v) is 1.82. The number of hydrogen-bond donors (Lipinski definition) is 1. The Labute approximate surface area is 86.6 Å². The molecule has 0 fully saturated rings. The summed E-state index contributed by atoms with van der Waals surface area (Å²) in [5, 5.41) is 0.685. The van der Waals surface area contributed by atoms with Gasteiger partial charge in [0.1, 0.15) is 0 Å². The lowest BCUT2D eigenvalue weighted by atomic mass is 10.4. The topological polar surface area (TPSA) is 0 Å². The van der Waals surface area contributed by atoms with E-state index in [0.29, 0.717) is 5.02 Å². The van der Waals surface area contributed by atoms with Crippen LogP contribution >= 0.6 is 56.1 Å². The molecular weight excluding hydrogens is 299 g/mol. The van der Waals surface area contributed by atoms with Crippen LogP contribution in [0.1, 0.15) is 0 Å². The van der Waals surface area contributed by atoms with Crippen LogP contribution in [0.4, 0.5) is 0 Å². The van der Waals surface area contributed by atoms with Gasteiger partial charge in [-0.1, -0.05) is 11.6 Å². The van der Waals surface area contributed by atoms with Crippen LogP contribution in [-0.4, -0.2) is 0 Å². The summed E-state index contributed by atoms with van der Waals surface area (Å²) in [6.45, 7) is 0. The minimum atomic E-state index is 0.685. The van der Waals surface area contributed by atoms with Crippen molar-refractivity contribution in [3.05, 3.63) is 26.1 Å².